The van der Waals surface area contributed by atoms with Gasteiger partial charge in [0.1, 0.15) is 0 Å². The highest BCUT2D eigenvalue weighted by Gasteiger charge is 2.13. The van der Waals surface area contributed by atoms with Crippen LogP contribution in [-0.4, -0.2) is 19.5 Å². The Morgan fingerprint density at radius 1 is 1.14 bits per heavy atom. The second-order valence-corrected chi connectivity index (χ2v) is 6.49. The molecule has 0 radical (unpaired) electrons. The fourth-order valence-electron chi connectivity index (χ4n) is 1.69. The molecule has 0 unspecified atom stereocenters. The molecule has 0 saturated heterocycles. The zero-order chi connectivity index (χ0) is 15.5. The van der Waals surface area contributed by atoms with Crippen LogP contribution >= 0.6 is 11.6 Å². The van der Waals surface area contributed by atoms with Crippen LogP contribution in [0.3, 0.4) is 0 Å². The van der Waals surface area contributed by atoms with Gasteiger partial charge < -0.3 is 5.11 Å². The van der Waals surface area contributed by atoms with E-state index >= 15 is 0 Å². The van der Waals surface area contributed by atoms with E-state index in [1.165, 1.54) is 36.4 Å². The first-order valence-electron chi connectivity index (χ1n) is 5.96. The molecule has 0 aliphatic carbocycles. The normalized spacial score (nSPS) is 11.3. The highest BCUT2D eigenvalue weighted by Crippen LogP contribution is 2.14. The predicted octanol–water partition coefficient (Wildman–Crippen LogP) is 2.52. The van der Waals surface area contributed by atoms with Crippen LogP contribution in [0.2, 0.25) is 5.02 Å². The zero-order valence-electron chi connectivity index (χ0n) is 10.8. The Kier molecular flexibility index (Phi) is 4.62. The van der Waals surface area contributed by atoms with Crippen molar-refractivity contribution in [3.05, 3.63) is 64.7 Å². The van der Waals surface area contributed by atoms with Crippen LogP contribution in [-0.2, 0) is 16.6 Å². The third kappa shape index (κ3) is 4.04. The lowest BCUT2D eigenvalue weighted by Gasteiger charge is -2.07. The maximum absolute atomic E-state index is 12.1. The van der Waals surface area contributed by atoms with Crippen molar-refractivity contribution in [3.8, 4) is 0 Å². The number of halogens is 1. The van der Waals surface area contributed by atoms with Crippen LogP contribution in [0.25, 0.3) is 0 Å². The van der Waals surface area contributed by atoms with E-state index in [4.69, 9.17) is 16.7 Å². The minimum absolute atomic E-state index is 0.00603. The summed E-state index contributed by atoms with van der Waals surface area (Å²) < 4.78 is 26.5. The summed E-state index contributed by atoms with van der Waals surface area (Å²) in [7, 11) is -3.66. The Labute approximate surface area is 127 Å². The molecule has 0 aliphatic rings. The van der Waals surface area contributed by atoms with Crippen LogP contribution in [0.15, 0.2) is 53.4 Å². The minimum atomic E-state index is -3.66. The van der Waals surface area contributed by atoms with E-state index in [0.29, 0.717) is 10.6 Å². The van der Waals surface area contributed by atoms with E-state index in [0.717, 1.165) is 0 Å². The van der Waals surface area contributed by atoms with E-state index in [-0.39, 0.29) is 17.0 Å². The smallest absolute Gasteiger partial charge is 0.335 e. The molecule has 0 fully saturated rings. The molecular weight excluding hydrogens is 314 g/mol. The molecule has 0 saturated carbocycles. The number of carboxylic acids is 1. The van der Waals surface area contributed by atoms with Gasteiger partial charge in [-0.05, 0) is 42.0 Å². The summed E-state index contributed by atoms with van der Waals surface area (Å²) in [6, 6.07) is 11.9. The third-order valence-electron chi connectivity index (χ3n) is 2.76. The molecule has 5 nitrogen and oxygen atoms in total. The van der Waals surface area contributed by atoms with Gasteiger partial charge in [-0.15, -0.1) is 0 Å². The Morgan fingerprint density at radius 2 is 1.81 bits per heavy atom. The molecule has 0 atom stereocenters. The topological polar surface area (TPSA) is 83.5 Å². The molecule has 2 rings (SSSR count). The van der Waals surface area contributed by atoms with Crippen LogP contribution in [0, 0.1) is 0 Å². The molecule has 0 aromatic heterocycles. The summed E-state index contributed by atoms with van der Waals surface area (Å²) in [6.45, 7) is 0.00603. The molecule has 0 heterocycles. The first-order valence-corrected chi connectivity index (χ1v) is 7.82. The van der Waals surface area contributed by atoms with E-state index in [1.54, 1.807) is 12.1 Å². The summed E-state index contributed by atoms with van der Waals surface area (Å²) >= 11 is 5.71. The third-order valence-corrected chi connectivity index (χ3v) is 4.43. The van der Waals surface area contributed by atoms with Crippen LogP contribution in [0.5, 0.6) is 0 Å². The van der Waals surface area contributed by atoms with Crippen LogP contribution < -0.4 is 4.72 Å². The van der Waals surface area contributed by atoms with E-state index in [1.807, 2.05) is 0 Å². The molecule has 0 spiro atoms. The Balaban J connectivity index is 2.13. The first-order chi connectivity index (χ1) is 9.88. The largest absolute Gasteiger partial charge is 0.478 e. The number of carbonyl (C=O) groups is 1. The zero-order valence-corrected chi connectivity index (χ0v) is 12.4. The average molecular weight is 326 g/mol. The summed E-state index contributed by atoms with van der Waals surface area (Å²) in [5.74, 6) is -1.06. The molecule has 0 amide bonds. The maximum atomic E-state index is 12.1. The quantitative estimate of drug-likeness (QED) is 0.884. The molecule has 21 heavy (non-hydrogen) atoms. The van der Waals surface area contributed by atoms with Crippen molar-refractivity contribution in [2.45, 2.75) is 11.4 Å². The first kappa shape index (κ1) is 15.5. The Hall–Kier alpha value is -1.89. The summed E-state index contributed by atoms with van der Waals surface area (Å²) in [6.07, 6.45) is 0. The molecule has 0 aliphatic heterocycles. The lowest BCUT2D eigenvalue weighted by atomic mass is 10.1. The van der Waals surface area contributed by atoms with Crippen molar-refractivity contribution in [3.63, 3.8) is 0 Å². The van der Waals surface area contributed by atoms with E-state index in [9.17, 15) is 13.2 Å². The van der Waals surface area contributed by atoms with Gasteiger partial charge in [0.2, 0.25) is 10.0 Å². The SMILES string of the molecule is O=C(O)c1cccc(CNS(=O)(=O)c2ccc(Cl)cc2)c1. The van der Waals surface area contributed by atoms with E-state index < -0.39 is 16.0 Å². The number of hydrogen-bond acceptors (Lipinski definition) is 3. The molecule has 2 aromatic carbocycles. The van der Waals surface area contributed by atoms with Gasteiger partial charge in [-0.1, -0.05) is 23.7 Å². The van der Waals surface area contributed by atoms with Crippen molar-refractivity contribution >= 4 is 27.6 Å². The molecule has 110 valence electrons. The number of sulfonamides is 1. The summed E-state index contributed by atoms with van der Waals surface area (Å²) in [4.78, 5) is 11.0. The summed E-state index contributed by atoms with van der Waals surface area (Å²) in [5, 5.41) is 9.34. The standard InChI is InChI=1S/C14H12ClNO4S/c15-12-4-6-13(7-5-12)21(19,20)16-9-10-2-1-3-11(8-10)14(17)18/h1-8,16H,9H2,(H,17,18). The van der Waals surface area contributed by atoms with Crippen LogP contribution in [0.4, 0.5) is 0 Å². The fraction of sp³-hybridized carbons (Fsp3) is 0.0714. The number of hydrogen-bond donors (Lipinski definition) is 2. The van der Waals surface area contributed by atoms with Crippen molar-refractivity contribution in [1.29, 1.82) is 0 Å². The van der Waals surface area contributed by atoms with Gasteiger partial charge in [-0.25, -0.2) is 17.9 Å². The summed E-state index contributed by atoms with van der Waals surface area (Å²) in [5.41, 5.74) is 0.672. The maximum Gasteiger partial charge on any atom is 0.335 e. The van der Waals surface area contributed by atoms with Crippen molar-refractivity contribution in [2.75, 3.05) is 0 Å². The van der Waals surface area contributed by atoms with E-state index in [2.05, 4.69) is 4.72 Å². The molecule has 2 aromatic rings. The highest BCUT2D eigenvalue weighted by molar-refractivity contribution is 7.89. The molecule has 7 heteroatoms. The highest BCUT2D eigenvalue weighted by atomic mass is 35.5. The average Bonchev–Trinajstić information content (AvgIpc) is 2.46. The number of carboxylic acid groups (broad SMARTS) is 1. The molecule has 0 bridgehead atoms. The van der Waals surface area contributed by atoms with Gasteiger partial charge in [0.05, 0.1) is 10.5 Å². The van der Waals surface area contributed by atoms with Gasteiger partial charge in [0, 0.05) is 11.6 Å². The van der Waals surface area contributed by atoms with Crippen molar-refractivity contribution in [2.24, 2.45) is 0 Å². The fourth-order valence-corrected chi connectivity index (χ4v) is 2.83. The second kappa shape index (κ2) is 6.26. The number of aromatic carboxylic acids is 1. The Morgan fingerprint density at radius 3 is 2.43 bits per heavy atom. The van der Waals surface area contributed by atoms with Gasteiger partial charge in [-0.2, -0.15) is 0 Å². The lowest BCUT2D eigenvalue weighted by Crippen LogP contribution is -2.23. The van der Waals surface area contributed by atoms with Gasteiger partial charge in [0.25, 0.3) is 0 Å². The lowest BCUT2D eigenvalue weighted by molar-refractivity contribution is 0.0696. The van der Waals surface area contributed by atoms with Gasteiger partial charge >= 0.3 is 5.97 Å². The Bertz CT molecular complexity index is 757. The number of benzene rings is 2. The van der Waals surface area contributed by atoms with Crippen LogP contribution in [0.1, 0.15) is 15.9 Å². The minimum Gasteiger partial charge on any atom is -0.478 e. The molecule has 2 N–H and O–H groups in total. The van der Waals surface area contributed by atoms with Gasteiger partial charge in [0.15, 0.2) is 0 Å². The number of rotatable bonds is 5. The van der Waals surface area contributed by atoms with Crippen molar-refractivity contribution in [1.82, 2.24) is 4.72 Å². The van der Waals surface area contributed by atoms with Crippen molar-refractivity contribution < 1.29 is 18.3 Å². The van der Waals surface area contributed by atoms with Gasteiger partial charge in [-0.3, -0.25) is 0 Å². The molecular formula is C14H12ClNO4S. The predicted molar refractivity (Wildman–Crippen MR) is 78.9 cm³/mol. The second-order valence-electron chi connectivity index (χ2n) is 4.28. The number of nitrogens with one attached hydrogen (secondary N) is 1. The monoisotopic (exact) mass is 325 g/mol.